The van der Waals surface area contributed by atoms with Gasteiger partial charge in [-0.25, -0.2) is 0 Å². The molecule has 0 aliphatic carbocycles. The summed E-state index contributed by atoms with van der Waals surface area (Å²) in [5.74, 6) is 0.985. The van der Waals surface area contributed by atoms with Crippen LogP contribution < -0.4 is 0 Å². The van der Waals surface area contributed by atoms with Gasteiger partial charge < -0.3 is 14.2 Å². The number of likely N-dealkylation sites (N-methyl/N-ethyl adjacent to an activating group) is 1. The summed E-state index contributed by atoms with van der Waals surface area (Å²) >= 11 is 0. The van der Waals surface area contributed by atoms with Crippen molar-refractivity contribution in [2.24, 2.45) is 0 Å². The quantitative estimate of drug-likeness (QED) is 0.843. The number of carbonyl (C=O) groups excluding carboxylic acids is 1. The summed E-state index contributed by atoms with van der Waals surface area (Å²) in [5, 5.41) is 3.75. The van der Waals surface area contributed by atoms with E-state index < -0.39 is 0 Å². The fourth-order valence-corrected chi connectivity index (χ4v) is 1.93. The molecule has 6 nitrogen and oxygen atoms in total. The zero-order valence-corrected chi connectivity index (χ0v) is 12.7. The molecule has 112 valence electrons. The van der Waals surface area contributed by atoms with Crippen molar-refractivity contribution >= 4 is 5.91 Å². The van der Waals surface area contributed by atoms with Crippen LogP contribution in [0.4, 0.5) is 0 Å². The Balaban J connectivity index is 2.13. The Labute approximate surface area is 123 Å². The highest BCUT2D eigenvalue weighted by Gasteiger charge is 2.17. The third-order valence-electron chi connectivity index (χ3n) is 3.30. The molecule has 0 aliphatic rings. The number of nitrogens with zero attached hydrogens (tertiary/aromatic N) is 3. The van der Waals surface area contributed by atoms with E-state index in [-0.39, 0.29) is 11.9 Å². The van der Waals surface area contributed by atoms with E-state index in [4.69, 9.17) is 9.26 Å². The molecule has 1 atom stereocenters. The molecule has 0 unspecified atom stereocenters. The van der Waals surface area contributed by atoms with Gasteiger partial charge in [0, 0.05) is 25.3 Å². The van der Waals surface area contributed by atoms with Crippen molar-refractivity contribution in [3.05, 3.63) is 35.7 Å². The minimum absolute atomic E-state index is 0.0146. The molecule has 1 heterocycles. The molecule has 21 heavy (non-hydrogen) atoms. The molecular formula is C15H19N3O3. The van der Waals surface area contributed by atoms with E-state index in [1.54, 1.807) is 50.2 Å². The maximum atomic E-state index is 12.3. The number of amides is 1. The molecule has 1 aromatic carbocycles. The topological polar surface area (TPSA) is 68.5 Å². The number of benzene rings is 1. The predicted octanol–water partition coefficient (Wildman–Crippen LogP) is 2.15. The van der Waals surface area contributed by atoms with Gasteiger partial charge >= 0.3 is 0 Å². The zero-order valence-electron chi connectivity index (χ0n) is 12.7. The first-order valence-electron chi connectivity index (χ1n) is 6.69. The SMILES string of the molecule is COC[C@H](C)N(C)C(=O)c1ccc(-c2nc(C)no2)cc1. The van der Waals surface area contributed by atoms with Crippen molar-refractivity contribution in [1.29, 1.82) is 0 Å². The first-order valence-corrected chi connectivity index (χ1v) is 6.69. The van der Waals surface area contributed by atoms with Gasteiger partial charge in [0.1, 0.15) is 0 Å². The molecule has 0 aliphatic heterocycles. The largest absolute Gasteiger partial charge is 0.383 e. The summed E-state index contributed by atoms with van der Waals surface area (Å²) in [6.07, 6.45) is 0. The van der Waals surface area contributed by atoms with Crippen LogP contribution in [0.25, 0.3) is 11.5 Å². The lowest BCUT2D eigenvalue weighted by Gasteiger charge is -2.24. The normalized spacial score (nSPS) is 12.2. The van der Waals surface area contributed by atoms with Crippen molar-refractivity contribution < 1.29 is 14.1 Å². The van der Waals surface area contributed by atoms with Gasteiger partial charge in [-0.3, -0.25) is 4.79 Å². The number of carbonyl (C=O) groups is 1. The van der Waals surface area contributed by atoms with Gasteiger partial charge in [0.25, 0.3) is 11.8 Å². The summed E-state index contributed by atoms with van der Waals surface area (Å²) in [6, 6.07) is 7.13. The van der Waals surface area contributed by atoms with Crippen LogP contribution in [-0.2, 0) is 4.74 Å². The molecule has 0 spiro atoms. The van der Waals surface area contributed by atoms with Gasteiger partial charge in [0.05, 0.1) is 12.6 Å². The summed E-state index contributed by atoms with van der Waals surface area (Å²) in [6.45, 7) is 4.20. The Hall–Kier alpha value is -2.21. The number of methoxy groups -OCH3 is 1. The molecule has 2 aromatic rings. The highest BCUT2D eigenvalue weighted by atomic mass is 16.5. The van der Waals surface area contributed by atoms with Crippen molar-refractivity contribution in [3.63, 3.8) is 0 Å². The number of ether oxygens (including phenoxy) is 1. The highest BCUT2D eigenvalue weighted by molar-refractivity contribution is 5.94. The second-order valence-corrected chi connectivity index (χ2v) is 4.94. The molecule has 2 rings (SSSR count). The summed E-state index contributed by atoms with van der Waals surface area (Å²) in [4.78, 5) is 18.1. The van der Waals surface area contributed by atoms with Gasteiger partial charge in [-0.2, -0.15) is 4.98 Å². The van der Waals surface area contributed by atoms with Gasteiger partial charge in [0.2, 0.25) is 0 Å². The number of hydrogen-bond donors (Lipinski definition) is 0. The van der Waals surface area contributed by atoms with E-state index in [1.807, 2.05) is 6.92 Å². The molecule has 0 radical (unpaired) electrons. The summed E-state index contributed by atoms with van der Waals surface area (Å²) in [7, 11) is 3.39. The molecule has 0 fully saturated rings. The Kier molecular flexibility index (Phi) is 4.70. The number of rotatable bonds is 5. The van der Waals surface area contributed by atoms with Crippen LogP contribution in [0, 0.1) is 6.92 Å². The second-order valence-electron chi connectivity index (χ2n) is 4.94. The van der Waals surface area contributed by atoms with Gasteiger partial charge in [0.15, 0.2) is 5.82 Å². The molecule has 0 bridgehead atoms. The van der Waals surface area contributed by atoms with Crippen LogP contribution in [0.15, 0.2) is 28.8 Å². The Bertz CT molecular complexity index is 607. The lowest BCUT2D eigenvalue weighted by atomic mass is 10.1. The molecule has 0 saturated carbocycles. The van der Waals surface area contributed by atoms with Crippen LogP contribution in [0.3, 0.4) is 0 Å². The van der Waals surface area contributed by atoms with Crippen molar-refractivity contribution in [1.82, 2.24) is 15.0 Å². The van der Waals surface area contributed by atoms with E-state index in [1.165, 1.54) is 0 Å². The maximum Gasteiger partial charge on any atom is 0.257 e. The number of aromatic nitrogens is 2. The van der Waals surface area contributed by atoms with Crippen LogP contribution in [0.2, 0.25) is 0 Å². The fraction of sp³-hybridized carbons (Fsp3) is 0.400. The van der Waals surface area contributed by atoms with Gasteiger partial charge in [-0.05, 0) is 38.1 Å². The predicted molar refractivity (Wildman–Crippen MR) is 77.9 cm³/mol. The van der Waals surface area contributed by atoms with E-state index >= 15 is 0 Å². The van der Waals surface area contributed by atoms with E-state index in [0.717, 1.165) is 5.56 Å². The van der Waals surface area contributed by atoms with Crippen molar-refractivity contribution in [2.45, 2.75) is 19.9 Å². The Morgan fingerprint density at radius 1 is 1.38 bits per heavy atom. The summed E-state index contributed by atoms with van der Waals surface area (Å²) in [5.41, 5.74) is 1.40. The average Bonchev–Trinajstić information content (AvgIpc) is 2.92. The lowest BCUT2D eigenvalue weighted by Crippen LogP contribution is -2.37. The van der Waals surface area contributed by atoms with Gasteiger partial charge in [-0.1, -0.05) is 5.16 Å². The third kappa shape index (κ3) is 3.46. The highest BCUT2D eigenvalue weighted by Crippen LogP contribution is 2.18. The van der Waals surface area contributed by atoms with E-state index in [0.29, 0.717) is 23.9 Å². The summed E-state index contributed by atoms with van der Waals surface area (Å²) < 4.78 is 10.2. The fourth-order valence-electron chi connectivity index (χ4n) is 1.93. The first-order chi connectivity index (χ1) is 10.0. The second kappa shape index (κ2) is 6.49. The van der Waals surface area contributed by atoms with Crippen molar-refractivity contribution in [2.75, 3.05) is 20.8 Å². The van der Waals surface area contributed by atoms with Gasteiger partial charge in [-0.15, -0.1) is 0 Å². The molecule has 0 saturated heterocycles. The zero-order chi connectivity index (χ0) is 15.4. The Morgan fingerprint density at radius 2 is 2.05 bits per heavy atom. The third-order valence-corrected chi connectivity index (χ3v) is 3.30. The molecule has 1 amide bonds. The Morgan fingerprint density at radius 3 is 2.57 bits per heavy atom. The molecule has 1 aromatic heterocycles. The van der Waals surface area contributed by atoms with Crippen LogP contribution in [-0.4, -0.2) is 47.8 Å². The van der Waals surface area contributed by atoms with Crippen LogP contribution >= 0.6 is 0 Å². The lowest BCUT2D eigenvalue weighted by molar-refractivity contribution is 0.0633. The molecular weight excluding hydrogens is 270 g/mol. The number of aryl methyl sites for hydroxylation is 1. The monoisotopic (exact) mass is 289 g/mol. The van der Waals surface area contributed by atoms with E-state index in [9.17, 15) is 4.79 Å². The minimum atomic E-state index is -0.0483. The van der Waals surface area contributed by atoms with Crippen molar-refractivity contribution in [3.8, 4) is 11.5 Å². The average molecular weight is 289 g/mol. The number of hydrogen-bond acceptors (Lipinski definition) is 5. The maximum absolute atomic E-state index is 12.3. The minimum Gasteiger partial charge on any atom is -0.383 e. The molecule has 6 heteroatoms. The molecule has 0 N–H and O–H groups in total. The first kappa shape index (κ1) is 15.2. The van der Waals surface area contributed by atoms with E-state index in [2.05, 4.69) is 10.1 Å². The smallest absolute Gasteiger partial charge is 0.257 e. The van der Waals surface area contributed by atoms with Crippen LogP contribution in [0.1, 0.15) is 23.1 Å². The van der Waals surface area contributed by atoms with Crippen LogP contribution in [0.5, 0.6) is 0 Å². The standard InChI is InChI=1S/C15H19N3O3/c1-10(9-20-4)18(3)15(19)13-7-5-12(6-8-13)14-16-11(2)17-21-14/h5-8,10H,9H2,1-4H3/t10-/m0/s1.